The number of carbonyl (C=O) groups is 2. The highest BCUT2D eigenvalue weighted by molar-refractivity contribution is 5.82. The quantitative estimate of drug-likeness (QED) is 0.625. The molecule has 4 N–H and O–H groups in total. The number of hydrogen-bond donors (Lipinski definition) is 3. The molecule has 0 unspecified atom stereocenters. The number of carbonyl (C=O) groups excluding carboxylic acids is 1. The van der Waals surface area contributed by atoms with Crippen LogP contribution in [0.25, 0.3) is 0 Å². The Morgan fingerprint density at radius 3 is 2.29 bits per heavy atom. The van der Waals surface area contributed by atoms with Gasteiger partial charge in [0.2, 0.25) is 5.91 Å². The molecule has 0 aromatic carbocycles. The van der Waals surface area contributed by atoms with Crippen molar-refractivity contribution in [2.45, 2.75) is 58.5 Å². The molecule has 5 heteroatoms. The third kappa shape index (κ3) is 7.74. The smallest absolute Gasteiger partial charge is 0.303 e. The van der Waals surface area contributed by atoms with E-state index in [0.29, 0.717) is 18.8 Å². The van der Waals surface area contributed by atoms with Crippen LogP contribution in [0, 0.1) is 5.92 Å². The summed E-state index contributed by atoms with van der Waals surface area (Å²) in [6, 6.07) is -0.529. The van der Waals surface area contributed by atoms with E-state index in [9.17, 15) is 9.59 Å². The topological polar surface area (TPSA) is 92.4 Å². The Morgan fingerprint density at radius 2 is 1.88 bits per heavy atom. The van der Waals surface area contributed by atoms with Crippen LogP contribution in [-0.4, -0.2) is 28.6 Å². The van der Waals surface area contributed by atoms with Crippen molar-refractivity contribution in [3.8, 4) is 0 Å². The molecule has 1 atom stereocenters. The zero-order chi connectivity index (χ0) is 13.6. The third-order valence-corrected chi connectivity index (χ3v) is 2.49. The Bertz CT molecular complexity index is 275. The molecule has 0 aliphatic carbocycles. The van der Waals surface area contributed by atoms with Crippen LogP contribution in [0.2, 0.25) is 0 Å². The van der Waals surface area contributed by atoms with Gasteiger partial charge in [-0.1, -0.05) is 13.8 Å². The number of aliphatic carboxylic acids is 1. The zero-order valence-electron chi connectivity index (χ0n) is 11.1. The second kappa shape index (κ2) is 6.59. The molecule has 0 spiro atoms. The summed E-state index contributed by atoms with van der Waals surface area (Å²) in [6.45, 7) is 7.61. The van der Waals surface area contributed by atoms with Crippen LogP contribution >= 0.6 is 0 Å². The standard InChI is InChI=1S/C12H24N2O3/c1-8(2)7-9(13)11(17)14-12(3,4)6-5-10(15)16/h8-9H,5-7,13H2,1-4H3,(H,14,17)(H,15,16)/t9-/m0/s1. The third-order valence-electron chi connectivity index (χ3n) is 2.49. The minimum atomic E-state index is -0.862. The van der Waals surface area contributed by atoms with Gasteiger partial charge in [-0.15, -0.1) is 0 Å². The Balaban J connectivity index is 4.20. The highest BCUT2D eigenvalue weighted by Gasteiger charge is 2.24. The monoisotopic (exact) mass is 244 g/mol. The van der Waals surface area contributed by atoms with E-state index in [1.165, 1.54) is 0 Å². The first-order valence-electron chi connectivity index (χ1n) is 5.93. The van der Waals surface area contributed by atoms with Gasteiger partial charge in [-0.2, -0.15) is 0 Å². The fourth-order valence-electron chi connectivity index (χ4n) is 1.52. The van der Waals surface area contributed by atoms with E-state index in [0.717, 1.165) is 0 Å². The molecular weight excluding hydrogens is 220 g/mol. The van der Waals surface area contributed by atoms with Crippen LogP contribution in [0.4, 0.5) is 0 Å². The molecule has 0 saturated carbocycles. The van der Waals surface area contributed by atoms with Crippen molar-refractivity contribution >= 4 is 11.9 Å². The molecule has 0 aromatic rings. The normalized spacial score (nSPS) is 13.5. The molecule has 5 nitrogen and oxygen atoms in total. The first-order valence-corrected chi connectivity index (χ1v) is 5.93. The predicted molar refractivity (Wildman–Crippen MR) is 66.5 cm³/mol. The van der Waals surface area contributed by atoms with Crippen molar-refractivity contribution in [2.24, 2.45) is 11.7 Å². The van der Waals surface area contributed by atoms with Crippen LogP contribution in [-0.2, 0) is 9.59 Å². The van der Waals surface area contributed by atoms with Crippen LogP contribution in [0.5, 0.6) is 0 Å². The van der Waals surface area contributed by atoms with Crippen molar-refractivity contribution in [1.82, 2.24) is 5.32 Å². The maximum Gasteiger partial charge on any atom is 0.303 e. The fourth-order valence-corrected chi connectivity index (χ4v) is 1.52. The zero-order valence-corrected chi connectivity index (χ0v) is 11.1. The first-order chi connectivity index (χ1) is 7.64. The van der Waals surface area contributed by atoms with Gasteiger partial charge in [-0.3, -0.25) is 9.59 Å². The summed E-state index contributed by atoms with van der Waals surface area (Å²) in [6.07, 6.45) is 1.05. The minimum Gasteiger partial charge on any atom is -0.481 e. The van der Waals surface area contributed by atoms with Crippen molar-refractivity contribution < 1.29 is 14.7 Å². The highest BCUT2D eigenvalue weighted by atomic mass is 16.4. The second-order valence-corrected chi connectivity index (χ2v) is 5.50. The van der Waals surface area contributed by atoms with Gasteiger partial charge >= 0.3 is 5.97 Å². The van der Waals surface area contributed by atoms with Gasteiger partial charge in [0.25, 0.3) is 0 Å². The van der Waals surface area contributed by atoms with Gasteiger partial charge in [0.05, 0.1) is 6.04 Å². The molecule has 0 aromatic heterocycles. The second-order valence-electron chi connectivity index (χ2n) is 5.50. The number of carboxylic acid groups (broad SMARTS) is 1. The summed E-state index contributed by atoms with van der Waals surface area (Å²) in [5.41, 5.74) is 5.22. The van der Waals surface area contributed by atoms with Crippen molar-refractivity contribution in [3.63, 3.8) is 0 Å². The van der Waals surface area contributed by atoms with E-state index in [4.69, 9.17) is 10.8 Å². The van der Waals surface area contributed by atoms with E-state index < -0.39 is 17.6 Å². The molecule has 0 rings (SSSR count). The lowest BCUT2D eigenvalue weighted by molar-refractivity contribution is -0.138. The van der Waals surface area contributed by atoms with Crippen LogP contribution in [0.15, 0.2) is 0 Å². The maximum atomic E-state index is 11.8. The van der Waals surface area contributed by atoms with Crippen molar-refractivity contribution in [3.05, 3.63) is 0 Å². The molecule has 0 radical (unpaired) electrons. The minimum absolute atomic E-state index is 0.0344. The summed E-state index contributed by atoms with van der Waals surface area (Å²) < 4.78 is 0. The number of amides is 1. The summed E-state index contributed by atoms with van der Waals surface area (Å²) in [7, 11) is 0. The number of rotatable bonds is 7. The van der Waals surface area contributed by atoms with E-state index in [1.807, 2.05) is 13.8 Å². The highest BCUT2D eigenvalue weighted by Crippen LogP contribution is 2.12. The molecule has 0 aliphatic heterocycles. The average Bonchev–Trinajstić information content (AvgIpc) is 2.13. The van der Waals surface area contributed by atoms with E-state index >= 15 is 0 Å². The predicted octanol–water partition coefficient (Wildman–Crippen LogP) is 1.12. The van der Waals surface area contributed by atoms with E-state index in [1.54, 1.807) is 13.8 Å². The maximum absolute atomic E-state index is 11.8. The van der Waals surface area contributed by atoms with Crippen LogP contribution in [0.3, 0.4) is 0 Å². The van der Waals surface area contributed by atoms with Gasteiger partial charge in [-0.05, 0) is 32.6 Å². The Hall–Kier alpha value is -1.10. The number of hydrogen-bond acceptors (Lipinski definition) is 3. The lowest BCUT2D eigenvalue weighted by Gasteiger charge is -2.27. The molecule has 1 amide bonds. The van der Waals surface area contributed by atoms with Crippen LogP contribution in [0.1, 0.15) is 47.0 Å². The summed E-state index contributed by atoms with van der Waals surface area (Å²) in [5.74, 6) is -0.717. The molecule has 100 valence electrons. The van der Waals surface area contributed by atoms with Crippen molar-refractivity contribution in [2.75, 3.05) is 0 Å². The lowest BCUT2D eigenvalue weighted by atomic mass is 9.96. The SMILES string of the molecule is CC(C)C[C@H](N)C(=O)NC(C)(C)CCC(=O)O. The molecular formula is C12H24N2O3. The van der Waals surface area contributed by atoms with E-state index in [-0.39, 0.29) is 12.3 Å². The van der Waals surface area contributed by atoms with Gasteiger partial charge < -0.3 is 16.2 Å². The fraction of sp³-hybridized carbons (Fsp3) is 0.833. The van der Waals surface area contributed by atoms with Gasteiger partial charge in [-0.25, -0.2) is 0 Å². The van der Waals surface area contributed by atoms with Gasteiger partial charge in [0, 0.05) is 12.0 Å². The van der Waals surface area contributed by atoms with E-state index in [2.05, 4.69) is 5.32 Å². The Morgan fingerprint density at radius 1 is 1.35 bits per heavy atom. The molecule has 0 aliphatic rings. The summed E-state index contributed by atoms with van der Waals surface area (Å²) in [5, 5.41) is 11.4. The molecule has 0 saturated heterocycles. The summed E-state index contributed by atoms with van der Waals surface area (Å²) in [4.78, 5) is 22.2. The molecule has 0 heterocycles. The van der Waals surface area contributed by atoms with Gasteiger partial charge in [0.1, 0.15) is 0 Å². The molecule has 0 bridgehead atoms. The largest absolute Gasteiger partial charge is 0.481 e. The number of nitrogens with one attached hydrogen (secondary N) is 1. The number of carboxylic acids is 1. The average molecular weight is 244 g/mol. The summed E-state index contributed by atoms with van der Waals surface area (Å²) >= 11 is 0. The molecule has 0 fully saturated rings. The first kappa shape index (κ1) is 15.9. The number of nitrogens with two attached hydrogens (primary N) is 1. The van der Waals surface area contributed by atoms with Crippen LogP contribution < -0.4 is 11.1 Å². The lowest BCUT2D eigenvalue weighted by Crippen LogP contribution is -2.51. The Labute approximate surface area is 103 Å². The molecule has 17 heavy (non-hydrogen) atoms. The van der Waals surface area contributed by atoms with Crippen molar-refractivity contribution in [1.29, 1.82) is 0 Å². The van der Waals surface area contributed by atoms with Gasteiger partial charge in [0.15, 0.2) is 0 Å². The Kier molecular flexibility index (Phi) is 6.16.